The zero-order chi connectivity index (χ0) is 16.3. The molecule has 1 aromatic heterocycles. The Balaban J connectivity index is 2.10. The molecule has 0 saturated heterocycles. The predicted molar refractivity (Wildman–Crippen MR) is 86.9 cm³/mol. The summed E-state index contributed by atoms with van der Waals surface area (Å²) in [5.74, 6) is 0.873. The van der Waals surface area contributed by atoms with E-state index in [1.165, 1.54) is 0 Å². The average Bonchev–Trinajstić information content (AvgIpc) is 2.54. The van der Waals surface area contributed by atoms with Crippen molar-refractivity contribution in [1.82, 2.24) is 4.98 Å². The third-order valence-corrected chi connectivity index (χ3v) is 5.10. The number of nitriles is 1. The highest BCUT2D eigenvalue weighted by atomic mass is 16.1. The van der Waals surface area contributed by atoms with Gasteiger partial charge in [-0.1, -0.05) is 20.8 Å². The Labute approximate surface area is 132 Å². The van der Waals surface area contributed by atoms with Gasteiger partial charge in [0.15, 0.2) is 0 Å². The van der Waals surface area contributed by atoms with Crippen LogP contribution >= 0.6 is 0 Å². The van der Waals surface area contributed by atoms with Crippen molar-refractivity contribution in [2.75, 3.05) is 5.73 Å². The van der Waals surface area contributed by atoms with E-state index in [4.69, 9.17) is 5.73 Å². The Morgan fingerprint density at radius 3 is 2.45 bits per heavy atom. The molecule has 2 N–H and O–H groups in total. The summed E-state index contributed by atoms with van der Waals surface area (Å²) in [6.45, 7) is 5.95. The Morgan fingerprint density at radius 1 is 1.36 bits per heavy atom. The van der Waals surface area contributed by atoms with E-state index in [1.54, 1.807) is 12.3 Å². The van der Waals surface area contributed by atoms with E-state index in [9.17, 15) is 10.1 Å². The molecule has 1 aromatic rings. The van der Waals surface area contributed by atoms with Crippen LogP contribution in [-0.2, 0) is 10.2 Å². The van der Waals surface area contributed by atoms with Gasteiger partial charge in [0, 0.05) is 11.8 Å². The summed E-state index contributed by atoms with van der Waals surface area (Å²) >= 11 is 0. The second-order valence-corrected chi connectivity index (χ2v) is 6.85. The van der Waals surface area contributed by atoms with Crippen LogP contribution in [0.15, 0.2) is 18.3 Å². The largest absolute Gasteiger partial charge is 0.397 e. The minimum absolute atomic E-state index is 0.0797. The van der Waals surface area contributed by atoms with Crippen LogP contribution in [0.25, 0.3) is 0 Å². The maximum absolute atomic E-state index is 12.2. The molecule has 1 atom stereocenters. The molecule has 1 aliphatic carbocycles. The van der Waals surface area contributed by atoms with Gasteiger partial charge in [-0.25, -0.2) is 0 Å². The molecule has 0 amide bonds. The summed E-state index contributed by atoms with van der Waals surface area (Å²) in [7, 11) is 0. The maximum atomic E-state index is 12.2. The van der Waals surface area contributed by atoms with Crippen LogP contribution in [0.4, 0.5) is 5.69 Å². The number of Topliss-reactive ketones (excluding diaryl/α,β-unsaturated/α-hetero) is 1. The van der Waals surface area contributed by atoms with Crippen molar-refractivity contribution in [3.05, 3.63) is 24.0 Å². The smallest absolute Gasteiger partial charge is 0.138 e. The number of anilines is 1. The number of nitrogens with zero attached hydrogens (tertiary/aromatic N) is 2. The quantitative estimate of drug-likeness (QED) is 0.923. The van der Waals surface area contributed by atoms with Gasteiger partial charge >= 0.3 is 0 Å². The van der Waals surface area contributed by atoms with Crippen LogP contribution in [0, 0.1) is 29.1 Å². The second kappa shape index (κ2) is 6.48. The van der Waals surface area contributed by atoms with E-state index in [0.29, 0.717) is 17.4 Å². The van der Waals surface area contributed by atoms with E-state index >= 15 is 0 Å². The van der Waals surface area contributed by atoms with E-state index in [2.05, 4.69) is 11.1 Å². The van der Waals surface area contributed by atoms with Gasteiger partial charge in [-0.3, -0.25) is 9.78 Å². The van der Waals surface area contributed by atoms with E-state index < -0.39 is 5.41 Å². The molecule has 4 nitrogen and oxygen atoms in total. The number of pyridine rings is 1. The lowest BCUT2D eigenvalue weighted by Gasteiger charge is -2.37. The minimum Gasteiger partial charge on any atom is -0.397 e. The first-order valence-corrected chi connectivity index (χ1v) is 8.06. The molecule has 1 unspecified atom stereocenters. The number of nitrogen functional groups attached to an aromatic ring is 1. The molecule has 1 aliphatic rings. The SMILES string of the molecule is CC(C)C(=O)C(C)[C@H]1CC[C@](C#N)(c2ccc(N)cn2)CC1. The fourth-order valence-corrected chi connectivity index (χ4v) is 3.50. The van der Waals surface area contributed by atoms with Crippen LogP contribution in [0.2, 0.25) is 0 Å². The number of carbonyl (C=O) groups is 1. The highest BCUT2D eigenvalue weighted by Crippen LogP contribution is 2.43. The summed E-state index contributed by atoms with van der Waals surface area (Å²) in [5, 5.41) is 9.70. The lowest BCUT2D eigenvalue weighted by Crippen LogP contribution is -2.35. The number of ketones is 1. The van der Waals surface area contributed by atoms with Gasteiger partial charge in [0.05, 0.1) is 29.1 Å². The number of nitrogens with two attached hydrogens (primary N) is 1. The van der Waals surface area contributed by atoms with Crippen LogP contribution in [0.5, 0.6) is 0 Å². The molecular formula is C18H25N3O. The van der Waals surface area contributed by atoms with Crippen molar-refractivity contribution in [3.8, 4) is 6.07 Å². The highest BCUT2D eigenvalue weighted by molar-refractivity contribution is 5.82. The van der Waals surface area contributed by atoms with Gasteiger partial charge in [-0.15, -0.1) is 0 Å². The van der Waals surface area contributed by atoms with Gasteiger partial charge in [0.1, 0.15) is 5.78 Å². The molecule has 0 aliphatic heterocycles. The van der Waals surface area contributed by atoms with Crippen LogP contribution in [0.1, 0.15) is 52.1 Å². The molecule has 2 rings (SSSR count). The molecule has 1 heterocycles. The standard InChI is InChI=1S/C18H25N3O/c1-12(2)17(22)13(3)14-6-8-18(11-19,9-7-14)16-5-4-15(20)10-21-16/h4-5,10,12-14H,6-9,20H2,1-3H3/t13?,14-,18-. The summed E-state index contributed by atoms with van der Waals surface area (Å²) < 4.78 is 0. The lowest BCUT2D eigenvalue weighted by atomic mass is 9.66. The normalized spacial score (nSPS) is 26.4. The molecule has 0 aromatic carbocycles. The molecule has 0 radical (unpaired) electrons. The van der Waals surface area contributed by atoms with Crippen molar-refractivity contribution in [1.29, 1.82) is 5.26 Å². The molecule has 1 fully saturated rings. The fourth-order valence-electron chi connectivity index (χ4n) is 3.50. The van der Waals surface area contributed by atoms with Gasteiger partial charge in [0.2, 0.25) is 0 Å². The Morgan fingerprint density at radius 2 is 2.00 bits per heavy atom. The van der Waals surface area contributed by atoms with E-state index in [-0.39, 0.29) is 11.8 Å². The average molecular weight is 299 g/mol. The summed E-state index contributed by atoms with van der Waals surface area (Å²) in [6, 6.07) is 6.14. The molecule has 1 saturated carbocycles. The van der Waals surface area contributed by atoms with Crippen molar-refractivity contribution < 1.29 is 4.79 Å². The first-order valence-electron chi connectivity index (χ1n) is 8.06. The Bertz CT molecular complexity index is 563. The molecule has 0 bridgehead atoms. The number of hydrogen-bond donors (Lipinski definition) is 1. The molecule has 22 heavy (non-hydrogen) atoms. The number of hydrogen-bond acceptors (Lipinski definition) is 4. The summed E-state index contributed by atoms with van der Waals surface area (Å²) in [4.78, 5) is 16.6. The Kier molecular flexibility index (Phi) is 4.85. The molecule has 0 spiro atoms. The van der Waals surface area contributed by atoms with Gasteiger partial charge in [-0.05, 0) is 43.7 Å². The first kappa shape index (κ1) is 16.5. The van der Waals surface area contributed by atoms with Crippen LogP contribution in [-0.4, -0.2) is 10.8 Å². The van der Waals surface area contributed by atoms with Gasteiger partial charge in [0.25, 0.3) is 0 Å². The zero-order valence-corrected chi connectivity index (χ0v) is 13.7. The first-order chi connectivity index (χ1) is 10.4. The van der Waals surface area contributed by atoms with E-state index in [0.717, 1.165) is 31.4 Å². The topological polar surface area (TPSA) is 79.8 Å². The lowest BCUT2D eigenvalue weighted by molar-refractivity contribution is -0.127. The highest BCUT2D eigenvalue weighted by Gasteiger charge is 2.40. The number of carbonyl (C=O) groups excluding carboxylic acids is 1. The molecule has 118 valence electrons. The molecule has 4 heteroatoms. The van der Waals surface area contributed by atoms with Crippen molar-refractivity contribution in [2.45, 2.75) is 51.9 Å². The summed E-state index contributed by atoms with van der Waals surface area (Å²) in [5.41, 5.74) is 6.58. The van der Waals surface area contributed by atoms with Gasteiger partial charge < -0.3 is 5.73 Å². The third kappa shape index (κ3) is 3.14. The number of aromatic nitrogens is 1. The minimum atomic E-state index is -0.523. The zero-order valence-electron chi connectivity index (χ0n) is 13.7. The maximum Gasteiger partial charge on any atom is 0.138 e. The van der Waals surface area contributed by atoms with Crippen LogP contribution in [0.3, 0.4) is 0 Å². The predicted octanol–water partition coefficient (Wildman–Crippen LogP) is 3.48. The third-order valence-electron chi connectivity index (χ3n) is 5.10. The van der Waals surface area contributed by atoms with Crippen molar-refractivity contribution in [2.24, 2.45) is 17.8 Å². The van der Waals surface area contributed by atoms with Gasteiger partial charge in [-0.2, -0.15) is 5.26 Å². The van der Waals surface area contributed by atoms with E-state index in [1.807, 2.05) is 26.8 Å². The second-order valence-electron chi connectivity index (χ2n) is 6.85. The monoisotopic (exact) mass is 299 g/mol. The fraction of sp³-hybridized carbons (Fsp3) is 0.611. The van der Waals surface area contributed by atoms with Crippen molar-refractivity contribution >= 4 is 11.5 Å². The Hall–Kier alpha value is -1.89. The molecular weight excluding hydrogens is 274 g/mol. The summed E-state index contributed by atoms with van der Waals surface area (Å²) in [6.07, 6.45) is 4.95. The number of rotatable bonds is 4. The van der Waals surface area contributed by atoms with Crippen LogP contribution < -0.4 is 5.73 Å². The van der Waals surface area contributed by atoms with Crippen molar-refractivity contribution in [3.63, 3.8) is 0 Å².